The first-order valence-electron chi connectivity index (χ1n) is 7.79. The van der Waals surface area contributed by atoms with E-state index in [2.05, 4.69) is 32.6 Å². The molecule has 0 amide bonds. The lowest BCUT2D eigenvalue weighted by atomic mass is 10.2. The maximum absolute atomic E-state index is 5.78. The Morgan fingerprint density at radius 1 is 1.29 bits per heavy atom. The van der Waals surface area contributed by atoms with Crippen LogP contribution in [0.3, 0.4) is 0 Å². The van der Waals surface area contributed by atoms with Crippen LogP contribution >= 0.6 is 35.6 Å². The van der Waals surface area contributed by atoms with Gasteiger partial charge in [0.1, 0.15) is 5.15 Å². The van der Waals surface area contributed by atoms with Crippen LogP contribution in [-0.2, 0) is 13.0 Å². The number of pyridine rings is 1. The molecule has 0 aliphatic rings. The van der Waals surface area contributed by atoms with Crippen molar-refractivity contribution in [3.8, 4) is 0 Å². The number of aromatic nitrogens is 3. The van der Waals surface area contributed by atoms with Crippen molar-refractivity contribution in [3.63, 3.8) is 0 Å². The summed E-state index contributed by atoms with van der Waals surface area (Å²) in [6.07, 6.45) is 6.51. The normalized spacial score (nSPS) is 11.0. The summed E-state index contributed by atoms with van der Waals surface area (Å²) in [6, 6.07) is 3.78. The van der Waals surface area contributed by atoms with E-state index in [9.17, 15) is 0 Å². The van der Waals surface area contributed by atoms with E-state index >= 15 is 0 Å². The van der Waals surface area contributed by atoms with Crippen LogP contribution < -0.4 is 10.6 Å². The molecule has 6 nitrogen and oxygen atoms in total. The molecule has 0 spiro atoms. The number of guanidine groups is 1. The van der Waals surface area contributed by atoms with E-state index in [1.54, 1.807) is 12.3 Å². The van der Waals surface area contributed by atoms with Gasteiger partial charge in [-0.15, -0.1) is 24.0 Å². The number of aryl methyl sites for hydroxylation is 1. The fourth-order valence-corrected chi connectivity index (χ4v) is 2.18. The Bertz CT molecular complexity index is 626. The standard InChI is InChI=1S/C16H23ClN6.HI/c1-3-18-16(20-8-9-23-12-13(2)10-22-23)19-7-6-14-4-5-15(17)21-11-14;/h4-5,10-12H,3,6-9H2,1-2H3,(H2,18,19,20);1H. The van der Waals surface area contributed by atoms with Crippen molar-refractivity contribution < 1.29 is 0 Å². The van der Waals surface area contributed by atoms with E-state index in [4.69, 9.17) is 11.6 Å². The number of halogens is 2. The molecule has 0 unspecified atom stereocenters. The van der Waals surface area contributed by atoms with Gasteiger partial charge in [0.2, 0.25) is 0 Å². The fraction of sp³-hybridized carbons (Fsp3) is 0.438. The second-order valence-corrected chi connectivity index (χ2v) is 5.59. The summed E-state index contributed by atoms with van der Waals surface area (Å²) in [6.45, 7) is 7.19. The molecule has 0 bridgehead atoms. The van der Waals surface area contributed by atoms with E-state index in [-0.39, 0.29) is 24.0 Å². The van der Waals surface area contributed by atoms with E-state index in [0.29, 0.717) is 11.7 Å². The zero-order valence-corrected chi connectivity index (χ0v) is 17.1. The summed E-state index contributed by atoms with van der Waals surface area (Å²) in [5.74, 6) is 0.818. The largest absolute Gasteiger partial charge is 0.357 e. The highest BCUT2D eigenvalue weighted by atomic mass is 127. The molecule has 0 aliphatic carbocycles. The van der Waals surface area contributed by atoms with Crippen LogP contribution in [-0.4, -0.2) is 40.4 Å². The van der Waals surface area contributed by atoms with Gasteiger partial charge >= 0.3 is 0 Å². The summed E-state index contributed by atoms with van der Waals surface area (Å²) in [5, 5.41) is 11.3. The summed E-state index contributed by atoms with van der Waals surface area (Å²) in [7, 11) is 0. The van der Waals surface area contributed by atoms with Crippen LogP contribution in [0.15, 0.2) is 35.7 Å². The van der Waals surface area contributed by atoms with Gasteiger partial charge < -0.3 is 10.6 Å². The van der Waals surface area contributed by atoms with Crippen LogP contribution in [0, 0.1) is 6.92 Å². The second kappa shape index (κ2) is 11.2. The van der Waals surface area contributed by atoms with Crippen LogP contribution in [0.2, 0.25) is 5.15 Å². The third-order valence-corrected chi connectivity index (χ3v) is 3.42. The number of hydrogen-bond acceptors (Lipinski definition) is 3. The van der Waals surface area contributed by atoms with Gasteiger partial charge in [-0.05, 0) is 37.5 Å². The van der Waals surface area contributed by atoms with Gasteiger partial charge in [0.15, 0.2) is 5.96 Å². The minimum absolute atomic E-state index is 0. The van der Waals surface area contributed by atoms with Crippen molar-refractivity contribution in [2.24, 2.45) is 4.99 Å². The van der Waals surface area contributed by atoms with Crippen molar-refractivity contribution >= 4 is 41.5 Å². The molecule has 132 valence electrons. The molecule has 0 aromatic carbocycles. The van der Waals surface area contributed by atoms with Gasteiger partial charge in [-0.3, -0.25) is 9.67 Å². The van der Waals surface area contributed by atoms with Crippen molar-refractivity contribution in [2.45, 2.75) is 26.8 Å². The molecule has 0 aliphatic heterocycles. The molecule has 2 N–H and O–H groups in total. The van der Waals surface area contributed by atoms with Crippen molar-refractivity contribution in [3.05, 3.63) is 47.0 Å². The minimum atomic E-state index is 0. The van der Waals surface area contributed by atoms with Gasteiger partial charge in [-0.25, -0.2) is 4.98 Å². The number of rotatable bonds is 7. The third kappa shape index (κ3) is 7.48. The van der Waals surface area contributed by atoms with Crippen molar-refractivity contribution in [2.75, 3.05) is 19.6 Å². The molecule has 8 heteroatoms. The van der Waals surface area contributed by atoms with E-state index in [0.717, 1.165) is 37.6 Å². The molecular weight excluding hydrogens is 439 g/mol. The molecule has 0 radical (unpaired) electrons. The SMILES string of the molecule is CCNC(=NCCc1ccc(Cl)nc1)NCCn1cc(C)cn1.I. The summed E-state index contributed by atoms with van der Waals surface area (Å²) >= 11 is 5.78. The highest BCUT2D eigenvalue weighted by Gasteiger charge is 1.99. The summed E-state index contributed by atoms with van der Waals surface area (Å²) < 4.78 is 1.92. The van der Waals surface area contributed by atoms with Crippen molar-refractivity contribution in [1.29, 1.82) is 0 Å². The molecule has 0 saturated carbocycles. The molecule has 2 aromatic rings. The van der Waals surface area contributed by atoms with Gasteiger partial charge in [-0.1, -0.05) is 17.7 Å². The van der Waals surface area contributed by atoms with Gasteiger partial charge in [-0.2, -0.15) is 5.10 Å². The Labute approximate surface area is 165 Å². The van der Waals surface area contributed by atoms with Crippen LogP contribution in [0.25, 0.3) is 0 Å². The molecule has 24 heavy (non-hydrogen) atoms. The van der Waals surface area contributed by atoms with Crippen LogP contribution in [0.5, 0.6) is 0 Å². The third-order valence-electron chi connectivity index (χ3n) is 3.20. The van der Waals surface area contributed by atoms with E-state index < -0.39 is 0 Å². The lowest BCUT2D eigenvalue weighted by Gasteiger charge is -2.11. The second-order valence-electron chi connectivity index (χ2n) is 5.21. The molecule has 0 saturated heterocycles. The Balaban J connectivity index is 0.00000288. The number of nitrogens with zero attached hydrogens (tertiary/aromatic N) is 4. The Morgan fingerprint density at radius 3 is 2.75 bits per heavy atom. The molecule has 2 rings (SSSR count). The van der Waals surface area contributed by atoms with Crippen LogP contribution in [0.4, 0.5) is 0 Å². The molecule has 2 heterocycles. The number of nitrogens with one attached hydrogen (secondary N) is 2. The molecular formula is C16H24ClIN6. The maximum Gasteiger partial charge on any atom is 0.191 e. The summed E-state index contributed by atoms with van der Waals surface area (Å²) in [4.78, 5) is 8.65. The smallest absolute Gasteiger partial charge is 0.191 e. The van der Waals surface area contributed by atoms with Crippen LogP contribution in [0.1, 0.15) is 18.1 Å². The summed E-state index contributed by atoms with van der Waals surface area (Å²) in [5.41, 5.74) is 2.29. The average molecular weight is 463 g/mol. The minimum Gasteiger partial charge on any atom is -0.357 e. The average Bonchev–Trinajstić information content (AvgIpc) is 2.95. The van der Waals surface area contributed by atoms with Crippen molar-refractivity contribution in [1.82, 2.24) is 25.4 Å². The maximum atomic E-state index is 5.78. The molecule has 0 atom stereocenters. The first kappa shape index (κ1) is 20.7. The van der Waals surface area contributed by atoms with E-state index in [1.165, 1.54) is 5.56 Å². The topological polar surface area (TPSA) is 67.1 Å². The fourth-order valence-electron chi connectivity index (χ4n) is 2.07. The number of hydrogen-bond donors (Lipinski definition) is 2. The first-order chi connectivity index (χ1) is 11.2. The predicted molar refractivity (Wildman–Crippen MR) is 109 cm³/mol. The van der Waals surface area contributed by atoms with Gasteiger partial charge in [0.05, 0.1) is 12.7 Å². The first-order valence-corrected chi connectivity index (χ1v) is 8.17. The Kier molecular flexibility index (Phi) is 9.70. The predicted octanol–water partition coefficient (Wildman–Crippen LogP) is 2.66. The molecule has 2 aromatic heterocycles. The zero-order chi connectivity index (χ0) is 16.5. The Morgan fingerprint density at radius 2 is 2.12 bits per heavy atom. The molecule has 0 fully saturated rings. The number of aliphatic imine (C=N–C) groups is 1. The zero-order valence-electron chi connectivity index (χ0n) is 14.0. The quantitative estimate of drug-likeness (QED) is 0.287. The lowest BCUT2D eigenvalue weighted by Crippen LogP contribution is -2.39. The highest BCUT2D eigenvalue weighted by Crippen LogP contribution is 2.05. The monoisotopic (exact) mass is 462 g/mol. The van der Waals surface area contributed by atoms with Gasteiger partial charge in [0, 0.05) is 32.0 Å². The Hall–Kier alpha value is -1.35. The lowest BCUT2D eigenvalue weighted by molar-refractivity contribution is 0.597. The van der Waals surface area contributed by atoms with E-state index in [1.807, 2.05) is 30.1 Å². The van der Waals surface area contributed by atoms with Gasteiger partial charge in [0.25, 0.3) is 0 Å². The highest BCUT2D eigenvalue weighted by molar-refractivity contribution is 14.0.